The van der Waals surface area contributed by atoms with E-state index in [9.17, 15) is 19.0 Å². The fourth-order valence-electron chi connectivity index (χ4n) is 7.42. The number of allylic oxidation sites excluding steroid dienone is 38. The van der Waals surface area contributed by atoms with Crippen molar-refractivity contribution in [1.29, 1.82) is 0 Å². The lowest BCUT2D eigenvalue weighted by molar-refractivity contribution is -0.161. The second-order valence-electron chi connectivity index (χ2n) is 19.8. The maximum absolute atomic E-state index is 12.7. The quantitative estimate of drug-likeness (QED) is 0.0264. The minimum Gasteiger partial charge on any atom is -0.462 e. The molecule has 0 saturated carbocycles. The SMILES string of the molecule is CC/C=C\C/C=C\C/C=C\C/C=C\C/C=C\C/C=C\C/C=C\C/C=C\C/C=C\C/C=C\CCCCC(=O)OC(COC(=O)CCCCC/C=C\C/C=C\C/C=C\C/C=C\C/C=C\C/C=C\C/C=C\C/C=C\C/C=C\CC)COP(=O)(O)OCCN. The Balaban J connectivity index is 4.20. The van der Waals surface area contributed by atoms with Crippen molar-refractivity contribution in [3.8, 4) is 0 Å². The van der Waals surface area contributed by atoms with Crippen molar-refractivity contribution < 1.29 is 37.6 Å². The summed E-state index contributed by atoms with van der Waals surface area (Å²) in [5.41, 5.74) is 5.38. The Bertz CT molecular complexity index is 2240. The van der Waals surface area contributed by atoms with Gasteiger partial charge < -0.3 is 20.1 Å². The third-order valence-corrected chi connectivity index (χ3v) is 13.0. The van der Waals surface area contributed by atoms with Crippen LogP contribution in [-0.4, -0.2) is 49.3 Å². The number of nitrogens with two attached hydrogens (primary N) is 1. The van der Waals surface area contributed by atoms with Crippen molar-refractivity contribution in [2.75, 3.05) is 26.4 Å². The molecule has 10 heteroatoms. The van der Waals surface area contributed by atoms with E-state index in [4.69, 9.17) is 24.3 Å². The zero-order valence-corrected chi connectivity index (χ0v) is 53.4. The average molecular weight is 1190 g/mol. The highest BCUT2D eigenvalue weighted by Crippen LogP contribution is 2.43. The first-order valence-electron chi connectivity index (χ1n) is 31.9. The van der Waals surface area contributed by atoms with Crippen LogP contribution in [0.2, 0.25) is 0 Å². The summed E-state index contributed by atoms with van der Waals surface area (Å²) in [5, 5.41) is 0. The molecule has 2 atom stereocenters. The number of ether oxygens (including phenoxy) is 2. The molecule has 0 radical (unpaired) electrons. The minimum absolute atomic E-state index is 0.0269. The van der Waals surface area contributed by atoms with Gasteiger partial charge in [-0.3, -0.25) is 18.6 Å². The van der Waals surface area contributed by atoms with Crippen molar-refractivity contribution in [1.82, 2.24) is 0 Å². The lowest BCUT2D eigenvalue weighted by Gasteiger charge is -2.19. The second-order valence-corrected chi connectivity index (χ2v) is 21.3. The van der Waals surface area contributed by atoms with Crippen LogP contribution in [0.3, 0.4) is 0 Å². The largest absolute Gasteiger partial charge is 0.472 e. The Morgan fingerprint density at radius 3 is 0.906 bits per heavy atom. The number of unbranched alkanes of at least 4 members (excludes halogenated alkanes) is 5. The molecule has 0 aliphatic rings. The van der Waals surface area contributed by atoms with Gasteiger partial charge in [-0.1, -0.05) is 251 Å². The van der Waals surface area contributed by atoms with Gasteiger partial charge in [0.05, 0.1) is 13.2 Å². The fraction of sp³-hybridized carbons (Fsp3) is 0.467. The van der Waals surface area contributed by atoms with Crippen molar-refractivity contribution >= 4 is 19.8 Å². The van der Waals surface area contributed by atoms with Gasteiger partial charge in [-0.2, -0.15) is 0 Å². The summed E-state index contributed by atoms with van der Waals surface area (Å²) in [6.07, 6.45) is 107. The highest BCUT2D eigenvalue weighted by atomic mass is 31.2. The highest BCUT2D eigenvalue weighted by molar-refractivity contribution is 7.47. The number of rotatable bonds is 56. The number of phosphoric ester groups is 1. The van der Waals surface area contributed by atoms with E-state index in [1.54, 1.807) is 0 Å². The monoisotopic (exact) mass is 1190 g/mol. The summed E-state index contributed by atoms with van der Waals surface area (Å²) in [6, 6.07) is 0. The van der Waals surface area contributed by atoms with E-state index in [2.05, 4.69) is 245 Å². The Morgan fingerprint density at radius 1 is 0.353 bits per heavy atom. The van der Waals surface area contributed by atoms with Crippen molar-refractivity contribution in [2.45, 2.75) is 200 Å². The third-order valence-electron chi connectivity index (χ3n) is 12.0. The standard InChI is InChI=1S/C75H112NO8P/c1-3-5-7-9-11-13-15-17-19-21-23-25-27-29-31-33-35-36-38-40-42-44-46-48-50-52-54-56-58-60-62-64-66-68-75(78)84-73(72-83-85(79,80)82-70-69-76)71-81-74(77)67-65-63-61-59-57-55-53-51-49-47-45-43-41-39-37-34-32-30-28-26-24-22-20-18-16-14-12-10-8-6-4-2/h5-8,11-14,17-20,23-26,29-32,35-37,39-40,42-43,45-46,48-49,51-52,54-55,57-58,60,73H,3-4,9-10,15-16,21-22,27-28,33-34,38,41,44,47,50,53,56,59,61-72,76H2,1-2H3,(H,79,80)/b7-5-,8-6-,13-11-,14-12-,19-17-,20-18-,25-23-,26-24-,31-29-,32-30-,36-35-,39-37-,42-40-,45-43-,48-46-,51-49-,54-52-,57-55-,60-58-. The number of carbonyl (C=O) groups excluding carboxylic acids is 2. The minimum atomic E-state index is -4.43. The first kappa shape index (κ1) is 79.1. The van der Waals surface area contributed by atoms with Crippen LogP contribution in [0.4, 0.5) is 0 Å². The van der Waals surface area contributed by atoms with Gasteiger partial charge in [-0.05, 0) is 161 Å². The molecule has 3 N–H and O–H groups in total. The van der Waals surface area contributed by atoms with Gasteiger partial charge >= 0.3 is 19.8 Å². The molecule has 85 heavy (non-hydrogen) atoms. The van der Waals surface area contributed by atoms with E-state index in [0.29, 0.717) is 12.8 Å². The molecule has 0 spiro atoms. The van der Waals surface area contributed by atoms with Crippen LogP contribution >= 0.6 is 7.82 Å². The molecule has 0 aromatic rings. The molecule has 0 aromatic heterocycles. The predicted molar refractivity (Wildman–Crippen MR) is 366 cm³/mol. The predicted octanol–water partition coefficient (Wildman–Crippen LogP) is 21.1. The van der Waals surface area contributed by atoms with E-state index in [1.807, 2.05) is 0 Å². The molecule has 0 aromatic carbocycles. The second kappa shape index (κ2) is 67.2. The molecule has 0 bridgehead atoms. The highest BCUT2D eigenvalue weighted by Gasteiger charge is 2.26. The zero-order chi connectivity index (χ0) is 61.6. The summed E-state index contributed by atoms with van der Waals surface area (Å²) in [5.74, 6) is -0.942. The average Bonchev–Trinajstić information content (AvgIpc) is 3.52. The Morgan fingerprint density at radius 2 is 0.612 bits per heavy atom. The smallest absolute Gasteiger partial charge is 0.462 e. The molecule has 0 heterocycles. The van der Waals surface area contributed by atoms with Crippen molar-refractivity contribution in [2.24, 2.45) is 5.73 Å². The molecular weight excluding hydrogens is 1070 g/mol. The molecular formula is C75H112NO8P. The number of hydrogen-bond acceptors (Lipinski definition) is 8. The van der Waals surface area contributed by atoms with Gasteiger partial charge in [-0.25, -0.2) is 4.57 Å². The summed E-state index contributed by atoms with van der Waals surface area (Å²) < 4.78 is 33.0. The molecule has 9 nitrogen and oxygen atoms in total. The topological polar surface area (TPSA) is 134 Å². The molecule has 0 saturated heterocycles. The molecule has 470 valence electrons. The summed E-state index contributed by atoms with van der Waals surface area (Å²) in [4.78, 5) is 35.3. The fourth-order valence-corrected chi connectivity index (χ4v) is 8.18. The van der Waals surface area contributed by atoms with Crippen molar-refractivity contribution in [3.63, 3.8) is 0 Å². The van der Waals surface area contributed by atoms with Gasteiger partial charge in [-0.15, -0.1) is 0 Å². The first-order valence-corrected chi connectivity index (χ1v) is 33.4. The van der Waals surface area contributed by atoms with Gasteiger partial charge in [0.25, 0.3) is 0 Å². The molecule has 2 unspecified atom stereocenters. The Labute approximate surface area is 517 Å². The number of carbonyl (C=O) groups is 2. The van der Waals surface area contributed by atoms with Crippen LogP contribution in [0.1, 0.15) is 194 Å². The molecule has 0 amide bonds. The summed E-state index contributed by atoms with van der Waals surface area (Å²) >= 11 is 0. The van der Waals surface area contributed by atoms with E-state index >= 15 is 0 Å². The van der Waals surface area contributed by atoms with Gasteiger partial charge in [0.2, 0.25) is 0 Å². The van der Waals surface area contributed by atoms with Crippen molar-refractivity contribution in [3.05, 3.63) is 231 Å². The summed E-state index contributed by atoms with van der Waals surface area (Å²) in [7, 11) is -4.43. The van der Waals surface area contributed by atoms with Crippen LogP contribution in [0.25, 0.3) is 0 Å². The Hall–Kier alpha value is -5.93. The van der Waals surface area contributed by atoms with Crippen LogP contribution in [0, 0.1) is 0 Å². The molecule has 0 aliphatic heterocycles. The third kappa shape index (κ3) is 67.1. The van der Waals surface area contributed by atoms with Crippen LogP contribution < -0.4 is 5.73 Å². The maximum Gasteiger partial charge on any atom is 0.472 e. The number of phosphoric acid groups is 1. The van der Waals surface area contributed by atoms with Gasteiger partial charge in [0.15, 0.2) is 6.10 Å². The summed E-state index contributed by atoms with van der Waals surface area (Å²) in [6.45, 7) is 3.38. The normalized spacial score (nSPS) is 14.5. The maximum atomic E-state index is 12.7. The number of hydrogen-bond donors (Lipinski definition) is 2. The van der Waals surface area contributed by atoms with Gasteiger partial charge in [0.1, 0.15) is 6.61 Å². The van der Waals surface area contributed by atoms with Crippen LogP contribution in [-0.2, 0) is 32.7 Å². The van der Waals surface area contributed by atoms with E-state index in [1.165, 1.54) is 0 Å². The lowest BCUT2D eigenvalue weighted by Crippen LogP contribution is -2.29. The van der Waals surface area contributed by atoms with Crippen LogP contribution in [0.5, 0.6) is 0 Å². The van der Waals surface area contributed by atoms with Gasteiger partial charge in [0, 0.05) is 19.4 Å². The van der Waals surface area contributed by atoms with E-state index < -0.39 is 32.5 Å². The Kier molecular flexibility index (Phi) is 62.5. The number of esters is 2. The molecule has 0 rings (SSSR count). The lowest BCUT2D eigenvalue weighted by atomic mass is 10.1. The van der Waals surface area contributed by atoms with Crippen LogP contribution in [0.15, 0.2) is 231 Å². The van der Waals surface area contributed by atoms with E-state index in [-0.39, 0.29) is 32.6 Å². The van der Waals surface area contributed by atoms with E-state index in [0.717, 1.165) is 154 Å². The molecule has 0 aliphatic carbocycles. The molecule has 0 fully saturated rings. The first-order chi connectivity index (χ1) is 41.8. The zero-order valence-electron chi connectivity index (χ0n) is 52.5.